The number of nitrogens with zero attached hydrogens (tertiary/aromatic N) is 2. The fourth-order valence-corrected chi connectivity index (χ4v) is 1.98. The zero-order valence-corrected chi connectivity index (χ0v) is 10.5. The van der Waals surface area contributed by atoms with Crippen molar-refractivity contribution in [3.05, 3.63) is 46.2 Å². The average Bonchev–Trinajstić information content (AvgIpc) is 2.75. The van der Waals surface area contributed by atoms with Gasteiger partial charge in [0.15, 0.2) is 0 Å². The smallest absolute Gasteiger partial charge is 0.203 e. The second-order valence-corrected chi connectivity index (χ2v) is 4.53. The molecule has 1 aromatic heterocycles. The fourth-order valence-electron chi connectivity index (χ4n) is 1.34. The Labute approximate surface area is 108 Å². The SMILES string of the molecule is Cc1csc(NN=Cc2ccc(CO)c(F)c2)n1. The molecule has 0 saturated heterocycles. The van der Waals surface area contributed by atoms with Gasteiger partial charge in [-0.3, -0.25) is 5.43 Å². The van der Waals surface area contributed by atoms with Crippen LogP contribution in [0.5, 0.6) is 0 Å². The van der Waals surface area contributed by atoms with Crippen LogP contribution < -0.4 is 5.43 Å². The lowest BCUT2D eigenvalue weighted by Crippen LogP contribution is -1.94. The molecule has 2 N–H and O–H groups in total. The lowest BCUT2D eigenvalue weighted by atomic mass is 10.1. The Morgan fingerprint density at radius 3 is 3.00 bits per heavy atom. The minimum atomic E-state index is -0.438. The van der Waals surface area contributed by atoms with Crippen LogP contribution in [0.4, 0.5) is 9.52 Å². The summed E-state index contributed by atoms with van der Waals surface area (Å²) in [6.45, 7) is 1.59. The Hall–Kier alpha value is -1.79. The molecule has 0 atom stereocenters. The monoisotopic (exact) mass is 265 g/mol. The molecule has 0 aliphatic heterocycles. The van der Waals surface area contributed by atoms with Gasteiger partial charge in [0, 0.05) is 10.9 Å². The van der Waals surface area contributed by atoms with E-state index in [0.29, 0.717) is 10.7 Å². The molecule has 0 radical (unpaired) electrons. The number of anilines is 1. The summed E-state index contributed by atoms with van der Waals surface area (Å²) < 4.78 is 13.4. The van der Waals surface area contributed by atoms with Crippen molar-refractivity contribution in [1.82, 2.24) is 4.98 Å². The van der Waals surface area contributed by atoms with Gasteiger partial charge in [0.25, 0.3) is 0 Å². The summed E-state index contributed by atoms with van der Waals surface area (Å²) in [5.41, 5.74) is 4.58. The maximum absolute atomic E-state index is 13.4. The number of thiazole rings is 1. The van der Waals surface area contributed by atoms with Gasteiger partial charge in [-0.25, -0.2) is 9.37 Å². The van der Waals surface area contributed by atoms with Gasteiger partial charge in [0.1, 0.15) is 5.82 Å². The summed E-state index contributed by atoms with van der Waals surface area (Å²) in [4.78, 5) is 4.17. The first-order valence-corrected chi connectivity index (χ1v) is 6.17. The Kier molecular flexibility index (Phi) is 4.01. The maximum Gasteiger partial charge on any atom is 0.203 e. The number of aliphatic hydroxyl groups excluding tert-OH is 1. The number of benzene rings is 1. The molecule has 94 valence electrons. The van der Waals surface area contributed by atoms with Gasteiger partial charge >= 0.3 is 0 Å². The largest absolute Gasteiger partial charge is 0.392 e. The number of nitrogens with one attached hydrogen (secondary N) is 1. The standard InChI is InChI=1S/C12H12FN3OS/c1-8-7-18-12(15-8)16-14-5-9-2-3-10(6-17)11(13)4-9/h2-5,7,17H,6H2,1H3,(H,15,16). The topological polar surface area (TPSA) is 57.5 Å². The van der Waals surface area contributed by atoms with Crippen molar-refractivity contribution in [3.63, 3.8) is 0 Å². The second kappa shape index (κ2) is 5.70. The number of aromatic nitrogens is 1. The second-order valence-electron chi connectivity index (χ2n) is 3.67. The van der Waals surface area contributed by atoms with Crippen molar-refractivity contribution in [2.24, 2.45) is 5.10 Å². The normalized spacial score (nSPS) is 11.1. The molecule has 1 aromatic carbocycles. The van der Waals surface area contributed by atoms with Crippen molar-refractivity contribution in [2.75, 3.05) is 5.43 Å². The Morgan fingerprint density at radius 1 is 1.56 bits per heavy atom. The van der Waals surface area contributed by atoms with Crippen LogP contribution in [-0.4, -0.2) is 16.3 Å². The van der Waals surface area contributed by atoms with Crippen LogP contribution >= 0.6 is 11.3 Å². The fraction of sp³-hybridized carbons (Fsp3) is 0.167. The molecule has 0 fully saturated rings. The van der Waals surface area contributed by atoms with Gasteiger partial charge in [-0.1, -0.05) is 12.1 Å². The van der Waals surface area contributed by atoms with Gasteiger partial charge in [0.05, 0.1) is 18.5 Å². The average molecular weight is 265 g/mol. The van der Waals surface area contributed by atoms with E-state index >= 15 is 0 Å². The highest BCUT2D eigenvalue weighted by Gasteiger charge is 2.01. The minimum Gasteiger partial charge on any atom is -0.392 e. The van der Waals surface area contributed by atoms with E-state index in [-0.39, 0.29) is 12.2 Å². The molecule has 2 rings (SSSR count). The molecule has 6 heteroatoms. The first kappa shape index (κ1) is 12.7. The van der Waals surface area contributed by atoms with E-state index in [1.54, 1.807) is 6.07 Å². The number of rotatable bonds is 4. The summed E-state index contributed by atoms with van der Waals surface area (Å²) >= 11 is 1.45. The number of aliphatic hydroxyl groups is 1. The highest BCUT2D eigenvalue weighted by Crippen LogP contribution is 2.14. The quantitative estimate of drug-likeness (QED) is 0.659. The maximum atomic E-state index is 13.4. The number of halogens is 1. The molecule has 18 heavy (non-hydrogen) atoms. The molecule has 4 nitrogen and oxygen atoms in total. The van der Waals surface area contributed by atoms with Crippen LogP contribution in [0.25, 0.3) is 0 Å². The van der Waals surface area contributed by atoms with Gasteiger partial charge in [-0.15, -0.1) is 11.3 Å². The molecular formula is C12H12FN3OS. The molecule has 0 amide bonds. The summed E-state index contributed by atoms with van der Waals surface area (Å²) in [5, 5.41) is 15.4. The van der Waals surface area contributed by atoms with E-state index in [1.165, 1.54) is 29.7 Å². The first-order chi connectivity index (χ1) is 8.69. The Morgan fingerprint density at radius 2 is 2.39 bits per heavy atom. The van der Waals surface area contributed by atoms with E-state index in [1.807, 2.05) is 12.3 Å². The highest BCUT2D eigenvalue weighted by molar-refractivity contribution is 7.13. The minimum absolute atomic E-state index is 0.274. The zero-order chi connectivity index (χ0) is 13.0. The molecular weight excluding hydrogens is 253 g/mol. The Bertz CT molecular complexity index is 568. The van der Waals surface area contributed by atoms with Crippen LogP contribution in [0.15, 0.2) is 28.7 Å². The zero-order valence-electron chi connectivity index (χ0n) is 9.72. The third kappa shape index (κ3) is 3.12. The lowest BCUT2D eigenvalue weighted by molar-refractivity contribution is 0.276. The van der Waals surface area contributed by atoms with E-state index in [4.69, 9.17) is 5.11 Å². The van der Waals surface area contributed by atoms with Gasteiger partial charge < -0.3 is 5.11 Å². The van der Waals surface area contributed by atoms with E-state index < -0.39 is 5.82 Å². The van der Waals surface area contributed by atoms with Crippen LogP contribution in [0, 0.1) is 12.7 Å². The molecule has 0 aliphatic rings. The lowest BCUT2D eigenvalue weighted by Gasteiger charge is -1.99. The molecule has 0 saturated carbocycles. The number of aryl methyl sites for hydroxylation is 1. The van der Waals surface area contributed by atoms with Crippen molar-refractivity contribution in [1.29, 1.82) is 0 Å². The molecule has 0 spiro atoms. The van der Waals surface area contributed by atoms with Gasteiger partial charge in [-0.2, -0.15) is 5.10 Å². The van der Waals surface area contributed by atoms with Crippen LogP contribution in [-0.2, 0) is 6.61 Å². The predicted octanol–water partition coefficient (Wildman–Crippen LogP) is 2.53. The van der Waals surface area contributed by atoms with Crippen molar-refractivity contribution >= 4 is 22.7 Å². The third-order valence-corrected chi connectivity index (χ3v) is 3.11. The number of hydrogen-bond donors (Lipinski definition) is 2. The van der Waals surface area contributed by atoms with Gasteiger partial charge in [-0.05, 0) is 18.6 Å². The van der Waals surface area contributed by atoms with E-state index in [0.717, 1.165) is 5.69 Å². The van der Waals surface area contributed by atoms with Gasteiger partial charge in [0.2, 0.25) is 5.13 Å². The van der Waals surface area contributed by atoms with Crippen LogP contribution in [0.1, 0.15) is 16.8 Å². The third-order valence-electron chi connectivity index (χ3n) is 2.24. The predicted molar refractivity (Wildman–Crippen MR) is 70.4 cm³/mol. The molecule has 0 unspecified atom stereocenters. The highest BCUT2D eigenvalue weighted by atomic mass is 32.1. The molecule has 1 heterocycles. The number of hydrazone groups is 1. The van der Waals surface area contributed by atoms with E-state index in [2.05, 4.69) is 15.5 Å². The summed E-state index contributed by atoms with van der Waals surface area (Å²) in [6, 6.07) is 4.54. The van der Waals surface area contributed by atoms with E-state index in [9.17, 15) is 4.39 Å². The van der Waals surface area contributed by atoms with Crippen molar-refractivity contribution in [3.8, 4) is 0 Å². The Balaban J connectivity index is 2.03. The molecule has 0 bridgehead atoms. The molecule has 0 aliphatic carbocycles. The summed E-state index contributed by atoms with van der Waals surface area (Å²) in [6.07, 6.45) is 1.50. The number of hydrogen-bond acceptors (Lipinski definition) is 5. The van der Waals surface area contributed by atoms with Crippen LogP contribution in [0.2, 0.25) is 0 Å². The summed E-state index contributed by atoms with van der Waals surface area (Å²) in [7, 11) is 0. The molecule has 2 aromatic rings. The van der Waals surface area contributed by atoms with Crippen molar-refractivity contribution < 1.29 is 9.50 Å². The first-order valence-electron chi connectivity index (χ1n) is 5.29. The summed E-state index contributed by atoms with van der Waals surface area (Å²) in [5.74, 6) is -0.438. The van der Waals surface area contributed by atoms with Crippen molar-refractivity contribution in [2.45, 2.75) is 13.5 Å². The van der Waals surface area contributed by atoms with Crippen LogP contribution in [0.3, 0.4) is 0 Å².